The number of carbonyl (C=O) groups excluding carboxylic acids is 2. The van der Waals surface area contributed by atoms with E-state index in [0.717, 1.165) is 25.0 Å². The minimum atomic E-state index is -0.840. The minimum absolute atomic E-state index is 0.0780. The third kappa shape index (κ3) is 2.78. The fourth-order valence-corrected chi connectivity index (χ4v) is 3.34. The Hall–Kier alpha value is -0.510. The zero-order valence-electron chi connectivity index (χ0n) is 10.1. The van der Waals surface area contributed by atoms with Crippen LogP contribution in [-0.2, 0) is 14.3 Å². The summed E-state index contributed by atoms with van der Waals surface area (Å²) in [7, 11) is 1.37. The number of esters is 1. The van der Waals surface area contributed by atoms with Crippen molar-refractivity contribution in [3.05, 3.63) is 0 Å². The normalized spacial score (nSPS) is 25.5. The van der Waals surface area contributed by atoms with Crippen molar-refractivity contribution < 1.29 is 14.3 Å². The number of ketones is 1. The Kier molecular flexibility index (Phi) is 5.32. The number of thioether (sulfide) groups is 1. The molecule has 1 rings (SSSR count). The molecule has 0 N–H and O–H groups in total. The van der Waals surface area contributed by atoms with Gasteiger partial charge in [-0.2, -0.15) is 11.8 Å². The molecule has 0 bridgehead atoms. The lowest BCUT2D eigenvalue weighted by Crippen LogP contribution is -2.45. The van der Waals surface area contributed by atoms with Gasteiger partial charge in [0.2, 0.25) is 0 Å². The first-order valence-corrected chi connectivity index (χ1v) is 7.02. The van der Waals surface area contributed by atoms with E-state index in [9.17, 15) is 9.59 Å². The van der Waals surface area contributed by atoms with E-state index in [1.165, 1.54) is 7.11 Å². The van der Waals surface area contributed by atoms with Gasteiger partial charge in [-0.05, 0) is 6.42 Å². The van der Waals surface area contributed by atoms with Gasteiger partial charge in [-0.3, -0.25) is 9.59 Å². The van der Waals surface area contributed by atoms with Crippen molar-refractivity contribution in [1.82, 2.24) is 0 Å². The highest BCUT2D eigenvalue weighted by Crippen LogP contribution is 2.37. The monoisotopic (exact) mass is 244 g/mol. The standard InChI is InChI=1S/C12H20O3S/c1-3-4-5-7-12(11(14)15-2)9-16-8-6-10(12)13/h3-9H2,1-2H3. The molecule has 0 aliphatic carbocycles. The topological polar surface area (TPSA) is 43.4 Å². The average Bonchev–Trinajstić information content (AvgIpc) is 2.31. The van der Waals surface area contributed by atoms with Gasteiger partial charge in [0.05, 0.1) is 7.11 Å². The highest BCUT2D eigenvalue weighted by Gasteiger charge is 2.47. The second-order valence-electron chi connectivity index (χ2n) is 4.26. The first-order chi connectivity index (χ1) is 7.67. The number of Topliss-reactive ketones (excluding diaryl/α,β-unsaturated/α-hetero) is 1. The number of hydrogen-bond acceptors (Lipinski definition) is 4. The molecule has 0 aromatic heterocycles. The van der Waals surface area contributed by atoms with Crippen LogP contribution in [0.2, 0.25) is 0 Å². The highest BCUT2D eigenvalue weighted by atomic mass is 32.2. The van der Waals surface area contributed by atoms with Crippen LogP contribution in [0.25, 0.3) is 0 Å². The zero-order chi connectivity index (χ0) is 12.0. The second-order valence-corrected chi connectivity index (χ2v) is 5.36. The van der Waals surface area contributed by atoms with Gasteiger partial charge < -0.3 is 4.74 Å². The number of ether oxygens (including phenoxy) is 1. The van der Waals surface area contributed by atoms with Crippen molar-refractivity contribution in [3.63, 3.8) is 0 Å². The van der Waals surface area contributed by atoms with Crippen molar-refractivity contribution in [2.24, 2.45) is 5.41 Å². The van der Waals surface area contributed by atoms with Gasteiger partial charge in [-0.15, -0.1) is 0 Å². The molecule has 16 heavy (non-hydrogen) atoms. The Labute approximate surface area is 101 Å². The van der Waals surface area contributed by atoms with Gasteiger partial charge in [-0.1, -0.05) is 26.2 Å². The Balaban J connectivity index is 2.74. The summed E-state index contributed by atoms with van der Waals surface area (Å²) in [6.45, 7) is 2.11. The van der Waals surface area contributed by atoms with Crippen molar-refractivity contribution >= 4 is 23.5 Å². The molecule has 3 nitrogen and oxygen atoms in total. The van der Waals surface area contributed by atoms with Gasteiger partial charge >= 0.3 is 5.97 Å². The summed E-state index contributed by atoms with van der Waals surface area (Å²) < 4.78 is 4.82. The highest BCUT2D eigenvalue weighted by molar-refractivity contribution is 7.99. The SMILES string of the molecule is CCCCCC1(C(=O)OC)CSCCC1=O. The van der Waals surface area contributed by atoms with E-state index in [1.54, 1.807) is 11.8 Å². The molecule has 0 aromatic carbocycles. The summed E-state index contributed by atoms with van der Waals surface area (Å²) in [4.78, 5) is 23.8. The van der Waals surface area contributed by atoms with E-state index in [1.807, 2.05) is 0 Å². The van der Waals surface area contributed by atoms with Crippen molar-refractivity contribution in [1.29, 1.82) is 0 Å². The van der Waals surface area contributed by atoms with Crippen LogP contribution in [0.4, 0.5) is 0 Å². The lowest BCUT2D eigenvalue weighted by molar-refractivity contribution is -0.157. The van der Waals surface area contributed by atoms with Crippen LogP contribution < -0.4 is 0 Å². The van der Waals surface area contributed by atoms with Crippen LogP contribution in [-0.4, -0.2) is 30.4 Å². The van der Waals surface area contributed by atoms with Crippen LogP contribution in [0.3, 0.4) is 0 Å². The number of rotatable bonds is 5. The summed E-state index contributed by atoms with van der Waals surface area (Å²) in [5.41, 5.74) is -0.840. The third-order valence-corrected chi connectivity index (χ3v) is 4.33. The van der Waals surface area contributed by atoms with E-state index < -0.39 is 5.41 Å². The summed E-state index contributed by atoms with van der Waals surface area (Å²) >= 11 is 1.69. The molecule has 1 heterocycles. The van der Waals surface area contributed by atoms with E-state index in [0.29, 0.717) is 18.6 Å². The van der Waals surface area contributed by atoms with Gasteiger partial charge in [0.15, 0.2) is 5.78 Å². The lowest BCUT2D eigenvalue weighted by atomic mass is 9.79. The molecule has 92 valence electrons. The lowest BCUT2D eigenvalue weighted by Gasteiger charge is -2.32. The molecule has 4 heteroatoms. The fraction of sp³-hybridized carbons (Fsp3) is 0.833. The van der Waals surface area contributed by atoms with E-state index in [2.05, 4.69) is 6.92 Å². The summed E-state index contributed by atoms with van der Waals surface area (Å²) in [5.74, 6) is 1.18. The molecule has 0 aromatic rings. The molecule has 1 unspecified atom stereocenters. The molecule has 0 amide bonds. The molecule has 1 aliphatic heterocycles. The summed E-state index contributed by atoms with van der Waals surface area (Å²) in [6, 6.07) is 0. The summed E-state index contributed by atoms with van der Waals surface area (Å²) in [6.07, 6.45) is 4.25. The number of hydrogen-bond donors (Lipinski definition) is 0. The molecule has 0 radical (unpaired) electrons. The van der Waals surface area contributed by atoms with E-state index in [4.69, 9.17) is 4.74 Å². The molecule has 1 saturated heterocycles. The van der Waals surface area contributed by atoms with Crippen LogP contribution >= 0.6 is 11.8 Å². The summed E-state index contributed by atoms with van der Waals surface area (Å²) in [5, 5.41) is 0. The maximum atomic E-state index is 12.0. The molecular formula is C12H20O3S. The molecule has 0 spiro atoms. The predicted molar refractivity (Wildman–Crippen MR) is 65.5 cm³/mol. The molecular weight excluding hydrogens is 224 g/mol. The van der Waals surface area contributed by atoms with Crippen LogP contribution in [0.5, 0.6) is 0 Å². The third-order valence-electron chi connectivity index (χ3n) is 3.14. The predicted octanol–water partition coefficient (Wildman–Crippen LogP) is 2.43. The second kappa shape index (κ2) is 6.28. The van der Waals surface area contributed by atoms with Crippen LogP contribution in [0, 0.1) is 5.41 Å². The maximum absolute atomic E-state index is 12.0. The molecule has 1 fully saturated rings. The first kappa shape index (κ1) is 13.6. The Morgan fingerprint density at radius 3 is 2.81 bits per heavy atom. The molecule has 1 atom stereocenters. The fourth-order valence-electron chi connectivity index (χ4n) is 2.09. The number of carbonyl (C=O) groups is 2. The Morgan fingerprint density at radius 1 is 1.50 bits per heavy atom. The van der Waals surface area contributed by atoms with Gasteiger partial charge in [-0.25, -0.2) is 0 Å². The van der Waals surface area contributed by atoms with E-state index in [-0.39, 0.29) is 11.8 Å². The van der Waals surface area contributed by atoms with E-state index >= 15 is 0 Å². The number of unbranched alkanes of at least 4 members (excludes halogenated alkanes) is 2. The Bertz CT molecular complexity index is 255. The van der Waals surface area contributed by atoms with Gasteiger partial charge in [0.1, 0.15) is 5.41 Å². The average molecular weight is 244 g/mol. The molecule has 0 saturated carbocycles. The maximum Gasteiger partial charge on any atom is 0.320 e. The largest absolute Gasteiger partial charge is 0.468 e. The van der Waals surface area contributed by atoms with Gasteiger partial charge in [0.25, 0.3) is 0 Å². The number of methoxy groups -OCH3 is 1. The zero-order valence-corrected chi connectivity index (χ0v) is 10.9. The van der Waals surface area contributed by atoms with Crippen molar-refractivity contribution in [3.8, 4) is 0 Å². The quantitative estimate of drug-likeness (QED) is 0.423. The first-order valence-electron chi connectivity index (χ1n) is 5.87. The van der Waals surface area contributed by atoms with Crippen molar-refractivity contribution in [2.45, 2.75) is 39.0 Å². The minimum Gasteiger partial charge on any atom is -0.468 e. The van der Waals surface area contributed by atoms with Crippen molar-refractivity contribution in [2.75, 3.05) is 18.6 Å². The van der Waals surface area contributed by atoms with Gasteiger partial charge in [0, 0.05) is 17.9 Å². The molecule has 1 aliphatic rings. The smallest absolute Gasteiger partial charge is 0.320 e. The van der Waals surface area contributed by atoms with Crippen LogP contribution in [0.15, 0.2) is 0 Å². The Morgan fingerprint density at radius 2 is 2.25 bits per heavy atom. The van der Waals surface area contributed by atoms with Crippen LogP contribution in [0.1, 0.15) is 39.0 Å².